The average Bonchev–Trinajstić information content (AvgIpc) is 2.45. The number of carboxylic acid groups (broad SMARTS) is 2. The largest absolute Gasteiger partial charge is 0.481 e. The average molecular weight is 277 g/mol. The van der Waals surface area contributed by atoms with Gasteiger partial charge in [-0.3, -0.25) is 9.59 Å². The van der Waals surface area contributed by atoms with Crippen molar-refractivity contribution in [2.45, 2.75) is 12.8 Å². The Morgan fingerprint density at radius 3 is 2.35 bits per heavy atom. The first-order valence-corrected chi connectivity index (χ1v) is 6.80. The molecule has 0 radical (unpaired) electrons. The number of aliphatic carboxylic acids is 2. The van der Waals surface area contributed by atoms with E-state index in [-0.39, 0.29) is 0 Å². The monoisotopic (exact) mass is 277 g/mol. The van der Waals surface area contributed by atoms with E-state index in [1.54, 1.807) is 0 Å². The van der Waals surface area contributed by atoms with Crippen molar-refractivity contribution in [2.75, 3.05) is 19.6 Å². The van der Waals surface area contributed by atoms with Crippen LogP contribution in [0.5, 0.6) is 0 Å². The van der Waals surface area contributed by atoms with Gasteiger partial charge in [0.1, 0.15) is 0 Å². The molecule has 0 saturated carbocycles. The summed E-state index contributed by atoms with van der Waals surface area (Å²) in [7, 11) is 0. The van der Waals surface area contributed by atoms with Crippen LogP contribution in [0.25, 0.3) is 0 Å². The number of carboxylic acids is 2. The highest BCUT2D eigenvalue weighted by molar-refractivity contribution is 5.80. The van der Waals surface area contributed by atoms with Crippen LogP contribution in [0.4, 0.5) is 0 Å². The van der Waals surface area contributed by atoms with Gasteiger partial charge in [-0.2, -0.15) is 0 Å². The second-order valence-corrected chi connectivity index (χ2v) is 5.21. The summed E-state index contributed by atoms with van der Waals surface area (Å²) >= 11 is 0. The van der Waals surface area contributed by atoms with Gasteiger partial charge in [0.25, 0.3) is 0 Å². The van der Waals surface area contributed by atoms with Crippen molar-refractivity contribution in [1.29, 1.82) is 0 Å². The van der Waals surface area contributed by atoms with Crippen molar-refractivity contribution in [3.63, 3.8) is 0 Å². The van der Waals surface area contributed by atoms with E-state index in [0.29, 0.717) is 19.5 Å². The molecule has 0 spiro atoms. The van der Waals surface area contributed by atoms with Crippen LogP contribution in [-0.4, -0.2) is 46.7 Å². The van der Waals surface area contributed by atoms with Gasteiger partial charge in [0.2, 0.25) is 0 Å². The van der Waals surface area contributed by atoms with Gasteiger partial charge in [0.05, 0.1) is 11.8 Å². The first-order valence-electron chi connectivity index (χ1n) is 6.80. The van der Waals surface area contributed by atoms with Crippen molar-refractivity contribution in [1.82, 2.24) is 4.90 Å². The smallest absolute Gasteiger partial charge is 0.308 e. The summed E-state index contributed by atoms with van der Waals surface area (Å²) in [6.45, 7) is 1.73. The molecule has 108 valence electrons. The highest BCUT2D eigenvalue weighted by Crippen LogP contribution is 2.24. The maximum absolute atomic E-state index is 11.2. The third-order valence-corrected chi connectivity index (χ3v) is 3.89. The minimum Gasteiger partial charge on any atom is -0.481 e. The lowest BCUT2D eigenvalue weighted by atomic mass is 9.85. The second kappa shape index (κ2) is 6.52. The van der Waals surface area contributed by atoms with Crippen molar-refractivity contribution in [2.24, 2.45) is 11.8 Å². The molecule has 1 saturated heterocycles. The fourth-order valence-electron chi connectivity index (χ4n) is 2.70. The van der Waals surface area contributed by atoms with E-state index in [2.05, 4.69) is 0 Å². The summed E-state index contributed by atoms with van der Waals surface area (Å²) in [5, 5.41) is 18.2. The maximum atomic E-state index is 11.2. The lowest BCUT2D eigenvalue weighted by Crippen LogP contribution is -2.46. The van der Waals surface area contributed by atoms with Crippen molar-refractivity contribution < 1.29 is 19.8 Å². The van der Waals surface area contributed by atoms with Crippen LogP contribution in [0.3, 0.4) is 0 Å². The second-order valence-electron chi connectivity index (χ2n) is 5.21. The Labute approximate surface area is 117 Å². The Bertz CT molecular complexity index is 474. The molecule has 20 heavy (non-hydrogen) atoms. The number of hydrogen-bond donors (Lipinski definition) is 2. The molecule has 1 aliphatic heterocycles. The summed E-state index contributed by atoms with van der Waals surface area (Å²) in [6, 6.07) is 10.00. The molecule has 2 N–H and O–H groups in total. The molecule has 1 aromatic rings. The lowest BCUT2D eigenvalue weighted by Gasteiger charge is -2.34. The SMILES string of the molecule is O=C(O)C1CCN(CCc2ccccc2)CC1C(=O)O. The molecule has 0 amide bonds. The lowest BCUT2D eigenvalue weighted by molar-refractivity contribution is -0.157. The van der Waals surface area contributed by atoms with E-state index in [1.165, 1.54) is 5.56 Å². The van der Waals surface area contributed by atoms with Crippen LogP contribution >= 0.6 is 0 Å². The molecular formula is C15H19NO4. The number of benzene rings is 1. The molecule has 1 aliphatic rings. The van der Waals surface area contributed by atoms with Gasteiger partial charge in [-0.1, -0.05) is 30.3 Å². The minimum atomic E-state index is -1.01. The Hall–Kier alpha value is -1.88. The van der Waals surface area contributed by atoms with E-state index in [0.717, 1.165) is 13.0 Å². The van der Waals surface area contributed by atoms with Crippen LogP contribution in [-0.2, 0) is 16.0 Å². The predicted molar refractivity (Wildman–Crippen MR) is 73.5 cm³/mol. The molecule has 1 fully saturated rings. The highest BCUT2D eigenvalue weighted by Gasteiger charge is 2.38. The van der Waals surface area contributed by atoms with E-state index < -0.39 is 23.8 Å². The molecule has 2 rings (SSSR count). The molecule has 5 heteroatoms. The Balaban J connectivity index is 1.92. The van der Waals surface area contributed by atoms with E-state index in [4.69, 9.17) is 5.11 Å². The number of carbonyl (C=O) groups is 2. The number of rotatable bonds is 5. The van der Waals surface area contributed by atoms with Gasteiger partial charge < -0.3 is 15.1 Å². The fraction of sp³-hybridized carbons (Fsp3) is 0.467. The van der Waals surface area contributed by atoms with Crippen LogP contribution in [0.15, 0.2) is 30.3 Å². The number of nitrogens with zero attached hydrogens (tertiary/aromatic N) is 1. The van der Waals surface area contributed by atoms with Crippen molar-refractivity contribution in [3.8, 4) is 0 Å². The molecule has 1 aromatic carbocycles. The number of hydrogen-bond acceptors (Lipinski definition) is 3. The van der Waals surface area contributed by atoms with Gasteiger partial charge in [-0.25, -0.2) is 0 Å². The summed E-state index contributed by atoms with van der Waals surface area (Å²) in [6.07, 6.45) is 1.26. The third kappa shape index (κ3) is 3.57. The fourth-order valence-corrected chi connectivity index (χ4v) is 2.70. The summed E-state index contributed by atoms with van der Waals surface area (Å²) in [4.78, 5) is 24.3. The molecule has 0 aliphatic carbocycles. The standard InChI is InChI=1S/C15H19NO4/c17-14(18)12-7-9-16(10-13(12)15(19)20)8-6-11-4-2-1-3-5-11/h1-5,12-13H,6-10H2,(H,17,18)(H,19,20). The molecule has 2 atom stereocenters. The Kier molecular flexibility index (Phi) is 4.74. The Morgan fingerprint density at radius 1 is 1.10 bits per heavy atom. The van der Waals surface area contributed by atoms with Gasteiger partial charge >= 0.3 is 11.9 Å². The van der Waals surface area contributed by atoms with Crippen LogP contribution in [0.2, 0.25) is 0 Å². The van der Waals surface area contributed by atoms with Crippen LogP contribution < -0.4 is 0 Å². The first-order chi connectivity index (χ1) is 9.58. The summed E-state index contributed by atoms with van der Waals surface area (Å²) in [5.41, 5.74) is 1.21. The predicted octanol–water partition coefficient (Wildman–Crippen LogP) is 1.34. The van der Waals surface area contributed by atoms with Crippen LogP contribution in [0, 0.1) is 11.8 Å². The molecule has 5 nitrogen and oxygen atoms in total. The third-order valence-electron chi connectivity index (χ3n) is 3.89. The quantitative estimate of drug-likeness (QED) is 0.849. The van der Waals surface area contributed by atoms with E-state index in [1.807, 2.05) is 35.2 Å². The zero-order valence-electron chi connectivity index (χ0n) is 11.2. The van der Waals surface area contributed by atoms with Crippen molar-refractivity contribution >= 4 is 11.9 Å². The van der Waals surface area contributed by atoms with Gasteiger partial charge in [0.15, 0.2) is 0 Å². The zero-order valence-corrected chi connectivity index (χ0v) is 11.2. The maximum Gasteiger partial charge on any atom is 0.308 e. The molecule has 1 heterocycles. The summed E-state index contributed by atoms with van der Waals surface area (Å²) < 4.78 is 0. The normalized spacial score (nSPS) is 23.4. The summed E-state index contributed by atoms with van der Waals surface area (Å²) in [5.74, 6) is -3.58. The van der Waals surface area contributed by atoms with Gasteiger partial charge in [0, 0.05) is 13.1 Å². The highest BCUT2D eigenvalue weighted by atomic mass is 16.4. The molecule has 0 bridgehead atoms. The van der Waals surface area contributed by atoms with Crippen LogP contribution in [0.1, 0.15) is 12.0 Å². The molecular weight excluding hydrogens is 258 g/mol. The zero-order chi connectivity index (χ0) is 14.5. The Morgan fingerprint density at radius 2 is 1.75 bits per heavy atom. The van der Waals surface area contributed by atoms with Crippen molar-refractivity contribution in [3.05, 3.63) is 35.9 Å². The van der Waals surface area contributed by atoms with Gasteiger partial charge in [-0.15, -0.1) is 0 Å². The van der Waals surface area contributed by atoms with Gasteiger partial charge in [-0.05, 0) is 24.9 Å². The number of piperidine rings is 1. The van der Waals surface area contributed by atoms with E-state index in [9.17, 15) is 14.7 Å². The minimum absolute atomic E-state index is 0.319. The topological polar surface area (TPSA) is 77.8 Å². The van der Waals surface area contributed by atoms with E-state index >= 15 is 0 Å². The first kappa shape index (κ1) is 14.5. The number of likely N-dealkylation sites (tertiary alicyclic amines) is 1. The molecule has 0 aromatic heterocycles. The molecule has 2 unspecified atom stereocenters.